The summed E-state index contributed by atoms with van der Waals surface area (Å²) in [6, 6.07) is 1.54. The quantitative estimate of drug-likeness (QED) is 0.689. The minimum absolute atomic E-state index is 0.167. The van der Waals surface area contributed by atoms with Crippen molar-refractivity contribution in [2.24, 2.45) is 7.05 Å². The van der Waals surface area contributed by atoms with Gasteiger partial charge in [0, 0.05) is 7.05 Å². The lowest BCUT2D eigenvalue weighted by Gasteiger charge is -2.05. The Hall–Kier alpha value is -1.75. The van der Waals surface area contributed by atoms with E-state index in [1.54, 1.807) is 7.05 Å². The Labute approximate surface area is 81.2 Å². The number of aryl methyl sites for hydroxylation is 1. The molecule has 0 saturated heterocycles. The van der Waals surface area contributed by atoms with Crippen molar-refractivity contribution in [3.05, 3.63) is 6.20 Å². The predicted molar refractivity (Wildman–Crippen MR) is 50.6 cm³/mol. The molecule has 0 saturated carbocycles. The molecule has 0 aliphatic carbocycles. The van der Waals surface area contributed by atoms with Crippen molar-refractivity contribution in [3.63, 3.8) is 0 Å². The second-order valence-corrected chi connectivity index (χ2v) is 4.31. The number of nitriles is 1. The Morgan fingerprint density at radius 3 is 2.86 bits per heavy atom. The van der Waals surface area contributed by atoms with Gasteiger partial charge in [-0.05, 0) is 0 Å². The predicted octanol–water partition coefficient (Wildman–Crippen LogP) is -0.732. The van der Waals surface area contributed by atoms with Crippen LogP contribution in [0.15, 0.2) is 6.20 Å². The summed E-state index contributed by atoms with van der Waals surface area (Å²) >= 11 is 0. The first-order chi connectivity index (χ1) is 6.46. The summed E-state index contributed by atoms with van der Waals surface area (Å²) in [5.74, 6) is -0.447. The number of sulfonamides is 1. The van der Waals surface area contributed by atoms with Gasteiger partial charge in [0.25, 0.3) is 0 Å². The molecule has 0 unspecified atom stereocenters. The van der Waals surface area contributed by atoms with Gasteiger partial charge in [-0.15, -0.1) is 0 Å². The molecule has 0 spiro atoms. The van der Waals surface area contributed by atoms with Crippen LogP contribution in [0.2, 0.25) is 0 Å². The molecule has 0 fully saturated rings. The Kier molecular flexibility index (Phi) is 2.62. The van der Waals surface area contributed by atoms with Gasteiger partial charge in [-0.25, -0.2) is 8.42 Å². The molecular formula is C6H9N5O2S. The summed E-state index contributed by atoms with van der Waals surface area (Å²) in [6.45, 7) is 0. The molecule has 76 valence electrons. The minimum Gasteiger partial charge on any atom is -0.394 e. The van der Waals surface area contributed by atoms with Crippen LogP contribution in [0.4, 0.5) is 11.5 Å². The van der Waals surface area contributed by atoms with Crippen molar-refractivity contribution >= 4 is 21.5 Å². The molecule has 0 amide bonds. The number of rotatable bonds is 3. The molecule has 1 aromatic rings. The summed E-state index contributed by atoms with van der Waals surface area (Å²) in [7, 11) is -2.11. The summed E-state index contributed by atoms with van der Waals surface area (Å²) in [4.78, 5) is 0. The highest BCUT2D eigenvalue weighted by molar-refractivity contribution is 7.92. The normalized spacial score (nSPS) is 10.9. The van der Waals surface area contributed by atoms with Crippen LogP contribution >= 0.6 is 0 Å². The van der Waals surface area contributed by atoms with E-state index in [2.05, 4.69) is 9.82 Å². The summed E-state index contributed by atoms with van der Waals surface area (Å²) in [5.41, 5.74) is 5.67. The molecule has 1 rings (SSSR count). The first-order valence-electron chi connectivity index (χ1n) is 3.61. The molecule has 0 aliphatic heterocycles. The molecule has 8 heteroatoms. The zero-order valence-corrected chi connectivity index (χ0v) is 8.24. The van der Waals surface area contributed by atoms with Crippen LogP contribution in [0.3, 0.4) is 0 Å². The van der Waals surface area contributed by atoms with Crippen LogP contribution in [0, 0.1) is 11.3 Å². The van der Waals surface area contributed by atoms with E-state index in [1.807, 2.05) is 0 Å². The van der Waals surface area contributed by atoms with Crippen molar-refractivity contribution in [1.82, 2.24) is 9.78 Å². The molecule has 0 atom stereocenters. The second kappa shape index (κ2) is 3.55. The van der Waals surface area contributed by atoms with E-state index in [9.17, 15) is 8.42 Å². The molecule has 14 heavy (non-hydrogen) atoms. The SMILES string of the molecule is Cn1ncc(N)c1NS(=O)(=O)CC#N. The fraction of sp³-hybridized carbons (Fsp3) is 0.333. The smallest absolute Gasteiger partial charge is 0.247 e. The monoisotopic (exact) mass is 215 g/mol. The molecule has 1 aromatic heterocycles. The number of hydrogen-bond acceptors (Lipinski definition) is 5. The second-order valence-electron chi connectivity index (χ2n) is 2.59. The third kappa shape index (κ3) is 2.14. The summed E-state index contributed by atoms with van der Waals surface area (Å²) in [6.07, 6.45) is 1.32. The van der Waals surface area contributed by atoms with Gasteiger partial charge in [-0.1, -0.05) is 0 Å². The molecule has 7 nitrogen and oxygen atoms in total. The van der Waals surface area contributed by atoms with E-state index in [1.165, 1.54) is 16.9 Å². The van der Waals surface area contributed by atoms with Crippen molar-refractivity contribution in [1.29, 1.82) is 5.26 Å². The van der Waals surface area contributed by atoms with Crippen molar-refractivity contribution in [3.8, 4) is 6.07 Å². The number of nitrogen functional groups attached to an aromatic ring is 1. The number of nitrogens with two attached hydrogens (primary N) is 1. The lowest BCUT2D eigenvalue weighted by molar-refractivity contribution is 0.603. The highest BCUT2D eigenvalue weighted by atomic mass is 32.2. The van der Waals surface area contributed by atoms with Gasteiger partial charge >= 0.3 is 0 Å². The number of hydrogen-bond donors (Lipinski definition) is 2. The fourth-order valence-corrected chi connectivity index (χ4v) is 1.63. The summed E-state index contributed by atoms with van der Waals surface area (Å²) in [5, 5.41) is 12.0. The fourth-order valence-electron chi connectivity index (χ4n) is 0.848. The molecule has 0 aromatic carbocycles. The van der Waals surface area contributed by atoms with Crippen LogP contribution in [-0.4, -0.2) is 24.0 Å². The number of aromatic nitrogens is 2. The Bertz CT molecular complexity index is 449. The highest BCUT2D eigenvalue weighted by Crippen LogP contribution is 2.16. The summed E-state index contributed by atoms with van der Waals surface area (Å²) < 4.78 is 25.8. The molecule has 0 radical (unpaired) electrons. The average Bonchev–Trinajstić information content (AvgIpc) is 2.35. The lowest BCUT2D eigenvalue weighted by atomic mass is 10.5. The zero-order valence-electron chi connectivity index (χ0n) is 7.43. The topological polar surface area (TPSA) is 114 Å². The maximum atomic E-state index is 11.2. The maximum absolute atomic E-state index is 11.2. The Morgan fingerprint density at radius 1 is 1.79 bits per heavy atom. The van der Waals surface area contributed by atoms with Gasteiger partial charge in [0.15, 0.2) is 11.6 Å². The van der Waals surface area contributed by atoms with Crippen LogP contribution in [-0.2, 0) is 17.1 Å². The average molecular weight is 215 g/mol. The van der Waals surface area contributed by atoms with Gasteiger partial charge < -0.3 is 5.73 Å². The molecule has 0 aliphatic rings. The van der Waals surface area contributed by atoms with Gasteiger partial charge in [0.05, 0.1) is 18.0 Å². The van der Waals surface area contributed by atoms with E-state index in [-0.39, 0.29) is 11.5 Å². The molecule has 3 N–H and O–H groups in total. The lowest BCUT2D eigenvalue weighted by Crippen LogP contribution is -2.18. The minimum atomic E-state index is -3.65. The van der Waals surface area contributed by atoms with E-state index >= 15 is 0 Å². The first-order valence-corrected chi connectivity index (χ1v) is 5.26. The largest absolute Gasteiger partial charge is 0.394 e. The van der Waals surface area contributed by atoms with E-state index in [4.69, 9.17) is 11.0 Å². The van der Waals surface area contributed by atoms with Crippen LogP contribution in [0.5, 0.6) is 0 Å². The molecule has 1 heterocycles. The number of nitrogens with zero attached hydrogens (tertiary/aromatic N) is 3. The number of anilines is 2. The third-order valence-corrected chi connectivity index (χ3v) is 2.49. The van der Waals surface area contributed by atoms with Crippen molar-refractivity contribution < 1.29 is 8.42 Å². The molecule has 0 bridgehead atoms. The first kappa shape index (κ1) is 10.3. The van der Waals surface area contributed by atoms with E-state index in [0.29, 0.717) is 0 Å². The van der Waals surface area contributed by atoms with Crippen molar-refractivity contribution in [2.75, 3.05) is 16.2 Å². The van der Waals surface area contributed by atoms with Crippen LogP contribution in [0.25, 0.3) is 0 Å². The van der Waals surface area contributed by atoms with Gasteiger partial charge in [-0.3, -0.25) is 9.40 Å². The van der Waals surface area contributed by atoms with Gasteiger partial charge in [0.2, 0.25) is 10.0 Å². The number of nitrogens with one attached hydrogen (secondary N) is 1. The highest BCUT2D eigenvalue weighted by Gasteiger charge is 2.14. The van der Waals surface area contributed by atoms with Gasteiger partial charge in [-0.2, -0.15) is 10.4 Å². The molecular weight excluding hydrogens is 206 g/mol. The van der Waals surface area contributed by atoms with Gasteiger partial charge in [0.1, 0.15) is 0 Å². The van der Waals surface area contributed by atoms with E-state index < -0.39 is 15.8 Å². The Balaban J connectivity index is 2.96. The standard InChI is InChI=1S/C6H9N5O2S/c1-11-6(5(8)4-9-11)10-14(12,13)3-2-7/h4,10H,3,8H2,1H3. The van der Waals surface area contributed by atoms with E-state index in [0.717, 1.165) is 0 Å². The Morgan fingerprint density at radius 2 is 2.43 bits per heavy atom. The third-order valence-electron chi connectivity index (χ3n) is 1.47. The van der Waals surface area contributed by atoms with Crippen LogP contribution < -0.4 is 10.5 Å². The van der Waals surface area contributed by atoms with Crippen molar-refractivity contribution in [2.45, 2.75) is 0 Å². The maximum Gasteiger partial charge on any atom is 0.247 e. The zero-order chi connectivity index (χ0) is 10.8. The van der Waals surface area contributed by atoms with Crippen LogP contribution in [0.1, 0.15) is 0 Å².